The largest absolute Gasteiger partial charge is 0.414 e. The molecule has 0 aliphatic carbocycles. The molecule has 20 heavy (non-hydrogen) atoms. The molecule has 0 atom stereocenters. The van der Waals surface area contributed by atoms with Crippen molar-refractivity contribution in [3.8, 4) is 5.75 Å². The van der Waals surface area contributed by atoms with Crippen LogP contribution in [-0.4, -0.2) is 63.2 Å². The van der Waals surface area contributed by atoms with Gasteiger partial charge in [-0.1, -0.05) is 12.1 Å². The van der Waals surface area contributed by atoms with Crippen LogP contribution in [0, 0.1) is 0 Å². The number of hydrogen-bond donors (Lipinski definition) is 1. The van der Waals surface area contributed by atoms with Crippen LogP contribution in [0.3, 0.4) is 0 Å². The van der Waals surface area contributed by atoms with Gasteiger partial charge < -0.3 is 19.4 Å². The highest BCUT2D eigenvalue weighted by atomic mass is 16.6. The second-order valence-electron chi connectivity index (χ2n) is 5.76. The zero-order valence-corrected chi connectivity index (χ0v) is 12.6. The molecule has 0 aromatic heterocycles. The molecule has 1 rings (SSSR count). The number of carbonyl (C=O) groups excluding carboxylic acids is 2. The number of benzene rings is 1. The Bertz CT molecular complexity index is 493. The third-order valence-corrected chi connectivity index (χ3v) is 2.34. The van der Waals surface area contributed by atoms with Gasteiger partial charge in [-0.15, -0.1) is 0 Å². The lowest BCUT2D eigenvalue weighted by atomic mass is 10.3. The van der Waals surface area contributed by atoms with Crippen LogP contribution in [0.1, 0.15) is 0 Å². The molecule has 0 fully saturated rings. The highest BCUT2D eigenvalue weighted by Gasteiger charge is 2.17. The Morgan fingerprint density at radius 1 is 1.20 bits per heavy atom. The lowest BCUT2D eigenvalue weighted by Gasteiger charge is -2.23. The molecule has 6 heteroatoms. The summed E-state index contributed by atoms with van der Waals surface area (Å²) < 4.78 is 5.72. The maximum Gasteiger partial charge on any atom is 0.414 e. The van der Waals surface area contributed by atoms with E-state index in [0.717, 1.165) is 0 Å². The second-order valence-corrected chi connectivity index (χ2v) is 5.76. The van der Waals surface area contributed by atoms with Gasteiger partial charge in [0.15, 0.2) is 12.3 Å². The van der Waals surface area contributed by atoms with Gasteiger partial charge in [-0.25, -0.2) is 4.79 Å². The minimum atomic E-state index is -0.488. The van der Waals surface area contributed by atoms with E-state index in [4.69, 9.17) is 4.74 Å². The average Bonchev–Trinajstić information content (AvgIpc) is 2.28. The zero-order valence-electron chi connectivity index (χ0n) is 12.6. The molecule has 0 spiro atoms. The van der Waals surface area contributed by atoms with E-state index in [1.165, 1.54) is 4.90 Å². The standard InChI is InChI=1S/C14H21N3O3/c1-16(2)14(19)20-12-9-7-6-8-11(12)15-13(18)10-17(3,4)5/h6-9H,10H2,1-5H3/p+1. The molecular formula is C14H22N3O3+. The van der Waals surface area contributed by atoms with E-state index < -0.39 is 6.09 Å². The van der Waals surface area contributed by atoms with E-state index in [-0.39, 0.29) is 5.91 Å². The second kappa shape index (κ2) is 6.38. The smallest absolute Gasteiger partial charge is 0.408 e. The summed E-state index contributed by atoms with van der Waals surface area (Å²) in [6.07, 6.45) is -0.488. The van der Waals surface area contributed by atoms with Crippen molar-refractivity contribution in [3.05, 3.63) is 24.3 Å². The van der Waals surface area contributed by atoms with Crippen molar-refractivity contribution in [2.24, 2.45) is 0 Å². The van der Waals surface area contributed by atoms with Gasteiger partial charge in [0.25, 0.3) is 5.91 Å². The Hall–Kier alpha value is -2.08. The first-order chi connectivity index (χ1) is 9.19. The monoisotopic (exact) mass is 280 g/mol. The molecule has 0 heterocycles. The number of quaternary nitrogens is 1. The highest BCUT2D eigenvalue weighted by Crippen LogP contribution is 2.24. The molecule has 110 valence electrons. The Labute approximate surface area is 119 Å². The third-order valence-electron chi connectivity index (χ3n) is 2.34. The van der Waals surface area contributed by atoms with Gasteiger partial charge in [-0.05, 0) is 12.1 Å². The molecule has 0 unspecified atom stereocenters. The minimum Gasteiger partial charge on any atom is -0.408 e. The van der Waals surface area contributed by atoms with E-state index in [1.54, 1.807) is 38.4 Å². The molecule has 0 aliphatic heterocycles. The van der Waals surface area contributed by atoms with Gasteiger partial charge in [0, 0.05) is 14.1 Å². The van der Waals surface area contributed by atoms with Crippen LogP contribution in [0.25, 0.3) is 0 Å². The first-order valence-electron chi connectivity index (χ1n) is 6.27. The zero-order chi connectivity index (χ0) is 15.3. The number of amides is 2. The Balaban J connectivity index is 2.80. The van der Waals surface area contributed by atoms with Gasteiger partial charge in [-0.2, -0.15) is 0 Å². The molecule has 0 saturated carbocycles. The summed E-state index contributed by atoms with van der Waals surface area (Å²) in [6.45, 7) is 0.329. The van der Waals surface area contributed by atoms with Crippen molar-refractivity contribution in [3.63, 3.8) is 0 Å². The van der Waals surface area contributed by atoms with Crippen molar-refractivity contribution >= 4 is 17.7 Å². The fourth-order valence-corrected chi connectivity index (χ4v) is 1.46. The molecular weight excluding hydrogens is 258 g/mol. The summed E-state index contributed by atoms with van der Waals surface area (Å²) in [7, 11) is 8.98. The average molecular weight is 280 g/mol. The number of ether oxygens (including phenoxy) is 1. The Morgan fingerprint density at radius 3 is 2.35 bits per heavy atom. The van der Waals surface area contributed by atoms with Crippen LogP contribution >= 0.6 is 0 Å². The molecule has 0 radical (unpaired) electrons. The molecule has 0 saturated heterocycles. The molecule has 2 amide bonds. The lowest BCUT2D eigenvalue weighted by Crippen LogP contribution is -2.41. The fraction of sp³-hybridized carbons (Fsp3) is 0.429. The van der Waals surface area contributed by atoms with Crippen LogP contribution in [0.5, 0.6) is 5.75 Å². The highest BCUT2D eigenvalue weighted by molar-refractivity contribution is 5.93. The first kappa shape index (κ1) is 16.0. The van der Waals surface area contributed by atoms with E-state index in [2.05, 4.69) is 5.32 Å². The van der Waals surface area contributed by atoms with Crippen LogP contribution in [-0.2, 0) is 4.79 Å². The molecule has 1 aromatic carbocycles. The van der Waals surface area contributed by atoms with Crippen LogP contribution in [0.2, 0.25) is 0 Å². The van der Waals surface area contributed by atoms with Gasteiger partial charge >= 0.3 is 6.09 Å². The van der Waals surface area contributed by atoms with Gasteiger partial charge in [-0.3, -0.25) is 4.79 Å². The number of nitrogens with one attached hydrogen (secondary N) is 1. The SMILES string of the molecule is CN(C)C(=O)Oc1ccccc1NC(=O)C[N+](C)(C)C. The summed E-state index contributed by atoms with van der Waals surface area (Å²) in [5.74, 6) is 0.201. The van der Waals surface area contributed by atoms with Crippen LogP contribution in [0.4, 0.5) is 10.5 Å². The predicted molar refractivity (Wildman–Crippen MR) is 77.7 cm³/mol. The number of nitrogens with zero attached hydrogens (tertiary/aromatic N) is 2. The summed E-state index contributed by atoms with van der Waals surface area (Å²) >= 11 is 0. The van der Waals surface area contributed by atoms with E-state index in [1.807, 2.05) is 21.1 Å². The Kier molecular flexibility index (Phi) is 5.10. The number of likely N-dealkylation sites (N-methyl/N-ethyl adjacent to an activating group) is 1. The fourth-order valence-electron chi connectivity index (χ4n) is 1.46. The van der Waals surface area contributed by atoms with Gasteiger partial charge in [0.1, 0.15) is 0 Å². The van der Waals surface area contributed by atoms with Crippen LogP contribution in [0.15, 0.2) is 24.3 Å². The summed E-state index contributed by atoms with van der Waals surface area (Å²) in [6, 6.07) is 6.86. The van der Waals surface area contributed by atoms with E-state index >= 15 is 0 Å². The summed E-state index contributed by atoms with van der Waals surface area (Å²) in [4.78, 5) is 24.8. The maximum atomic E-state index is 11.9. The lowest BCUT2D eigenvalue weighted by molar-refractivity contribution is -0.861. The molecule has 6 nitrogen and oxygen atoms in total. The van der Waals surface area contributed by atoms with Crippen molar-refractivity contribution < 1.29 is 18.8 Å². The molecule has 1 aromatic rings. The van der Waals surface area contributed by atoms with Crippen LogP contribution < -0.4 is 10.1 Å². The van der Waals surface area contributed by atoms with E-state index in [0.29, 0.717) is 22.5 Å². The van der Waals surface area contributed by atoms with Crippen molar-refractivity contribution in [1.82, 2.24) is 4.90 Å². The van der Waals surface area contributed by atoms with Crippen molar-refractivity contribution in [1.29, 1.82) is 0 Å². The Morgan fingerprint density at radius 2 is 1.80 bits per heavy atom. The number of carbonyl (C=O) groups is 2. The number of para-hydroxylation sites is 2. The predicted octanol–water partition coefficient (Wildman–Crippen LogP) is 1.39. The number of hydrogen-bond acceptors (Lipinski definition) is 3. The molecule has 1 N–H and O–H groups in total. The normalized spacial score (nSPS) is 10.8. The van der Waals surface area contributed by atoms with Gasteiger partial charge in [0.2, 0.25) is 0 Å². The number of anilines is 1. The third kappa shape index (κ3) is 5.27. The van der Waals surface area contributed by atoms with Gasteiger partial charge in [0.05, 0.1) is 26.8 Å². The van der Waals surface area contributed by atoms with E-state index in [9.17, 15) is 9.59 Å². The van der Waals surface area contributed by atoms with Crippen molar-refractivity contribution in [2.45, 2.75) is 0 Å². The summed E-state index contributed by atoms with van der Waals surface area (Å²) in [5.41, 5.74) is 0.487. The topological polar surface area (TPSA) is 58.6 Å². The first-order valence-corrected chi connectivity index (χ1v) is 6.27. The number of rotatable bonds is 4. The quantitative estimate of drug-likeness (QED) is 0.848. The molecule has 0 aliphatic rings. The minimum absolute atomic E-state index is 0.133. The van der Waals surface area contributed by atoms with Crippen molar-refractivity contribution in [2.75, 3.05) is 47.1 Å². The maximum absolute atomic E-state index is 11.9. The molecule has 0 bridgehead atoms. The summed E-state index contributed by atoms with van der Waals surface area (Å²) in [5, 5.41) is 2.76.